The van der Waals surface area contributed by atoms with Gasteiger partial charge in [-0.25, -0.2) is 17.2 Å². The fraction of sp³-hybridized carbons (Fsp3) is 0.188. The van der Waals surface area contributed by atoms with Crippen molar-refractivity contribution < 1.29 is 26.7 Å². The van der Waals surface area contributed by atoms with Crippen molar-refractivity contribution in [2.45, 2.75) is 11.8 Å². The Hall–Kier alpha value is -2.48. The van der Waals surface area contributed by atoms with Gasteiger partial charge in [-0.2, -0.15) is 0 Å². The van der Waals surface area contributed by atoms with Crippen LogP contribution >= 0.6 is 0 Å². The first-order chi connectivity index (χ1) is 11.4. The molecule has 2 rings (SSSR count). The van der Waals surface area contributed by atoms with Crippen molar-refractivity contribution in [3.63, 3.8) is 0 Å². The number of anilines is 1. The van der Waals surface area contributed by atoms with Gasteiger partial charge in [0.05, 0.1) is 17.2 Å². The van der Waals surface area contributed by atoms with Crippen LogP contribution in [-0.2, 0) is 19.6 Å². The molecule has 8 heteroatoms. The molecule has 0 aliphatic heterocycles. The highest BCUT2D eigenvalue weighted by Crippen LogP contribution is 2.25. The normalized spacial score (nSPS) is 11.1. The Morgan fingerprint density at radius 1 is 1.08 bits per heavy atom. The predicted octanol–water partition coefficient (Wildman–Crippen LogP) is 2.72. The highest BCUT2D eigenvalue weighted by Gasteiger charge is 2.28. The lowest BCUT2D eigenvalue weighted by atomic mass is 10.3. The molecule has 0 heterocycles. The van der Waals surface area contributed by atoms with Gasteiger partial charge in [0.15, 0.2) is 11.6 Å². The first-order valence-electron chi connectivity index (χ1n) is 7.04. The maximum atomic E-state index is 13.5. The van der Waals surface area contributed by atoms with Gasteiger partial charge in [0.25, 0.3) is 10.0 Å². The number of sulfonamides is 1. The molecule has 0 fully saturated rings. The minimum atomic E-state index is -4.15. The monoisotopic (exact) mass is 355 g/mol. The molecule has 0 atom stereocenters. The number of esters is 1. The van der Waals surface area contributed by atoms with Gasteiger partial charge in [-0.05, 0) is 31.2 Å². The van der Waals surface area contributed by atoms with Crippen molar-refractivity contribution in [3.8, 4) is 0 Å². The molecule has 0 aliphatic carbocycles. The molecule has 2 aromatic carbocycles. The largest absolute Gasteiger partial charge is 0.465 e. The van der Waals surface area contributed by atoms with Gasteiger partial charge in [-0.3, -0.25) is 9.10 Å². The van der Waals surface area contributed by atoms with E-state index in [2.05, 4.69) is 0 Å². The Kier molecular flexibility index (Phi) is 5.50. The molecular weight excluding hydrogens is 340 g/mol. The SMILES string of the molecule is CCOC(=O)CN(c1ccc(F)c(F)c1)S(=O)(=O)c1ccccc1. The number of halogens is 2. The average molecular weight is 355 g/mol. The second-order valence-electron chi connectivity index (χ2n) is 4.73. The molecule has 5 nitrogen and oxygen atoms in total. The van der Waals surface area contributed by atoms with Crippen LogP contribution in [0.25, 0.3) is 0 Å². The summed E-state index contributed by atoms with van der Waals surface area (Å²) in [7, 11) is -4.15. The van der Waals surface area contributed by atoms with E-state index in [1.165, 1.54) is 24.3 Å². The van der Waals surface area contributed by atoms with E-state index in [1.54, 1.807) is 13.0 Å². The number of hydrogen-bond acceptors (Lipinski definition) is 4. The van der Waals surface area contributed by atoms with E-state index in [0.29, 0.717) is 4.31 Å². The number of carbonyl (C=O) groups is 1. The van der Waals surface area contributed by atoms with Crippen molar-refractivity contribution in [2.75, 3.05) is 17.5 Å². The molecule has 2 aromatic rings. The quantitative estimate of drug-likeness (QED) is 0.748. The molecule has 0 aromatic heterocycles. The lowest BCUT2D eigenvalue weighted by molar-refractivity contribution is -0.141. The van der Waals surface area contributed by atoms with E-state index in [1.807, 2.05) is 0 Å². The Morgan fingerprint density at radius 2 is 1.75 bits per heavy atom. The summed E-state index contributed by atoms with van der Waals surface area (Å²) in [4.78, 5) is 11.7. The van der Waals surface area contributed by atoms with Gasteiger partial charge in [-0.15, -0.1) is 0 Å². The molecule has 0 saturated carbocycles. The number of rotatable bonds is 6. The van der Waals surface area contributed by atoms with Gasteiger partial charge in [0, 0.05) is 6.07 Å². The van der Waals surface area contributed by atoms with Gasteiger partial charge < -0.3 is 4.74 Å². The minimum absolute atomic E-state index is 0.0653. The summed E-state index contributed by atoms with van der Waals surface area (Å²) in [5.41, 5.74) is -0.175. The van der Waals surface area contributed by atoms with E-state index in [9.17, 15) is 22.0 Å². The lowest BCUT2D eigenvalue weighted by Crippen LogP contribution is -2.36. The zero-order valence-corrected chi connectivity index (χ0v) is 13.6. The molecule has 0 aliphatic rings. The maximum Gasteiger partial charge on any atom is 0.326 e. The summed E-state index contributed by atoms with van der Waals surface area (Å²) in [5, 5.41) is 0. The molecule has 0 unspecified atom stereocenters. The van der Waals surface area contributed by atoms with Gasteiger partial charge in [-0.1, -0.05) is 18.2 Å². The highest BCUT2D eigenvalue weighted by atomic mass is 32.2. The standard InChI is InChI=1S/C16H15F2NO4S/c1-2-23-16(20)11-19(12-8-9-14(17)15(18)10-12)24(21,22)13-6-4-3-5-7-13/h3-10H,2,11H2,1H3. The van der Waals surface area contributed by atoms with Crippen molar-refractivity contribution >= 4 is 21.7 Å². The van der Waals surface area contributed by atoms with E-state index in [4.69, 9.17) is 4.74 Å². The predicted molar refractivity (Wildman–Crippen MR) is 84.0 cm³/mol. The summed E-state index contributed by atoms with van der Waals surface area (Å²) in [6.07, 6.45) is 0. The summed E-state index contributed by atoms with van der Waals surface area (Å²) < 4.78 is 57.6. The molecular formula is C16H15F2NO4S. The molecule has 0 amide bonds. The van der Waals surface area contributed by atoms with Crippen molar-refractivity contribution in [1.29, 1.82) is 0 Å². The number of carbonyl (C=O) groups excluding carboxylic acids is 1. The van der Waals surface area contributed by atoms with Crippen LogP contribution in [0, 0.1) is 11.6 Å². The average Bonchev–Trinajstić information content (AvgIpc) is 2.56. The molecule has 0 radical (unpaired) electrons. The third kappa shape index (κ3) is 3.88. The zero-order valence-electron chi connectivity index (χ0n) is 12.8. The van der Waals surface area contributed by atoms with E-state index < -0.39 is 34.2 Å². The molecule has 24 heavy (non-hydrogen) atoms. The van der Waals surface area contributed by atoms with Gasteiger partial charge in [0.2, 0.25) is 0 Å². The topological polar surface area (TPSA) is 63.7 Å². The molecule has 0 spiro atoms. The second-order valence-corrected chi connectivity index (χ2v) is 6.59. The van der Waals surface area contributed by atoms with E-state index >= 15 is 0 Å². The van der Waals surface area contributed by atoms with Crippen LogP contribution in [0.3, 0.4) is 0 Å². The maximum absolute atomic E-state index is 13.5. The summed E-state index contributed by atoms with van der Waals surface area (Å²) in [5.74, 6) is -3.14. The molecule has 0 bridgehead atoms. The fourth-order valence-electron chi connectivity index (χ4n) is 2.00. The number of hydrogen-bond donors (Lipinski definition) is 0. The second kappa shape index (κ2) is 7.39. The Balaban J connectivity index is 2.50. The Labute approximate surface area is 138 Å². The van der Waals surface area contributed by atoms with Crippen LogP contribution in [0.4, 0.5) is 14.5 Å². The van der Waals surface area contributed by atoms with Crippen LogP contribution in [0.15, 0.2) is 53.4 Å². The van der Waals surface area contributed by atoms with Crippen LogP contribution < -0.4 is 4.31 Å². The summed E-state index contributed by atoms with van der Waals surface area (Å²) in [6, 6.07) is 9.94. The molecule has 128 valence electrons. The van der Waals surface area contributed by atoms with Gasteiger partial charge >= 0.3 is 5.97 Å². The van der Waals surface area contributed by atoms with E-state index in [-0.39, 0.29) is 17.2 Å². The number of nitrogens with zero attached hydrogens (tertiary/aromatic N) is 1. The van der Waals surface area contributed by atoms with Crippen LogP contribution in [-0.4, -0.2) is 27.5 Å². The molecule has 0 saturated heterocycles. The zero-order chi connectivity index (χ0) is 17.7. The molecule has 0 N–H and O–H groups in total. The summed E-state index contributed by atoms with van der Waals surface area (Å²) >= 11 is 0. The minimum Gasteiger partial charge on any atom is -0.465 e. The van der Waals surface area contributed by atoms with Crippen LogP contribution in [0.1, 0.15) is 6.92 Å². The van der Waals surface area contributed by atoms with E-state index in [0.717, 1.165) is 18.2 Å². The first kappa shape index (κ1) is 17.9. The van der Waals surface area contributed by atoms with Crippen LogP contribution in [0.2, 0.25) is 0 Å². The lowest BCUT2D eigenvalue weighted by Gasteiger charge is -2.23. The number of benzene rings is 2. The first-order valence-corrected chi connectivity index (χ1v) is 8.48. The van der Waals surface area contributed by atoms with Crippen LogP contribution in [0.5, 0.6) is 0 Å². The fourth-order valence-corrected chi connectivity index (χ4v) is 3.42. The Morgan fingerprint density at radius 3 is 2.33 bits per heavy atom. The van der Waals surface area contributed by atoms with Crippen molar-refractivity contribution in [2.24, 2.45) is 0 Å². The Bertz CT molecular complexity index is 825. The highest BCUT2D eigenvalue weighted by molar-refractivity contribution is 7.92. The third-order valence-corrected chi connectivity index (χ3v) is 4.89. The van der Waals surface area contributed by atoms with Crippen molar-refractivity contribution in [3.05, 3.63) is 60.2 Å². The smallest absolute Gasteiger partial charge is 0.326 e. The summed E-state index contributed by atoms with van der Waals surface area (Å²) in [6.45, 7) is 0.984. The van der Waals surface area contributed by atoms with Crippen molar-refractivity contribution in [1.82, 2.24) is 0 Å². The number of ether oxygens (including phenoxy) is 1. The third-order valence-electron chi connectivity index (χ3n) is 3.10. The van der Waals surface area contributed by atoms with Gasteiger partial charge in [0.1, 0.15) is 6.54 Å².